The number of halogens is 2. The zero-order valence-electron chi connectivity index (χ0n) is 16.4. The molecule has 0 saturated carbocycles. The van der Waals surface area contributed by atoms with Crippen LogP contribution in [0.3, 0.4) is 0 Å². The number of thioether (sulfide) groups is 1. The van der Waals surface area contributed by atoms with Crippen LogP contribution in [-0.4, -0.2) is 29.0 Å². The first-order chi connectivity index (χ1) is 15.0. The molecule has 1 spiro atoms. The molecule has 0 bridgehead atoms. The molecule has 2 aliphatic rings. The highest BCUT2D eigenvalue weighted by atomic mass is 35.5. The Morgan fingerprint density at radius 1 is 1.00 bits per heavy atom. The van der Waals surface area contributed by atoms with Gasteiger partial charge in [0.1, 0.15) is 0 Å². The first-order valence-corrected chi connectivity index (χ1v) is 11.6. The molecule has 4 nitrogen and oxygen atoms in total. The Balaban J connectivity index is 1.59. The molecule has 2 amide bonds. The Kier molecular flexibility index (Phi) is 5.21. The second kappa shape index (κ2) is 7.90. The Hall–Kier alpha value is -2.47. The van der Waals surface area contributed by atoms with Crippen molar-refractivity contribution in [2.75, 3.05) is 17.2 Å². The lowest BCUT2D eigenvalue weighted by atomic mass is 10.0. The number of hydrogen-bond donors (Lipinski definition) is 0. The Labute approximate surface area is 194 Å². The van der Waals surface area contributed by atoms with E-state index < -0.39 is 4.87 Å². The van der Waals surface area contributed by atoms with E-state index >= 15 is 0 Å². The quantitative estimate of drug-likeness (QED) is 0.503. The third-order valence-electron chi connectivity index (χ3n) is 5.70. The van der Waals surface area contributed by atoms with E-state index in [1.54, 1.807) is 34.1 Å². The van der Waals surface area contributed by atoms with Gasteiger partial charge in [-0.2, -0.15) is 0 Å². The summed E-state index contributed by atoms with van der Waals surface area (Å²) in [6, 6.07) is 22.1. The van der Waals surface area contributed by atoms with Crippen LogP contribution < -0.4 is 4.90 Å². The monoisotopic (exact) mass is 468 g/mol. The van der Waals surface area contributed by atoms with Crippen LogP contribution in [0.2, 0.25) is 10.0 Å². The summed E-state index contributed by atoms with van der Waals surface area (Å²) in [4.78, 5) is 29.8. The van der Waals surface area contributed by atoms with E-state index in [0.717, 1.165) is 16.8 Å². The zero-order valence-corrected chi connectivity index (χ0v) is 18.8. The number of nitrogens with zero attached hydrogens (tertiary/aromatic N) is 2. The fourth-order valence-electron chi connectivity index (χ4n) is 4.30. The second-order valence-corrected chi connectivity index (χ2v) is 9.59. The average Bonchev–Trinajstić information content (AvgIpc) is 3.32. The lowest BCUT2D eigenvalue weighted by Gasteiger charge is -2.33. The molecule has 0 aromatic heterocycles. The molecule has 1 saturated heterocycles. The van der Waals surface area contributed by atoms with Crippen molar-refractivity contribution in [2.45, 2.75) is 11.4 Å². The topological polar surface area (TPSA) is 40.6 Å². The minimum Gasteiger partial charge on any atom is -0.311 e. The lowest BCUT2D eigenvalue weighted by Crippen LogP contribution is -2.50. The van der Waals surface area contributed by atoms with Gasteiger partial charge in [-0.05, 0) is 35.9 Å². The summed E-state index contributed by atoms with van der Waals surface area (Å²) in [5.74, 6) is 0.355. The Morgan fingerprint density at radius 2 is 1.77 bits per heavy atom. The number of rotatable bonds is 3. The van der Waals surface area contributed by atoms with E-state index in [9.17, 15) is 9.59 Å². The fourth-order valence-corrected chi connectivity index (χ4v) is 6.15. The number of carbonyl (C=O) groups excluding carboxylic acids is 2. The van der Waals surface area contributed by atoms with Crippen molar-refractivity contribution in [1.82, 2.24) is 4.90 Å². The number of fused-ring (bicyclic) bond motifs is 2. The predicted molar refractivity (Wildman–Crippen MR) is 126 cm³/mol. The van der Waals surface area contributed by atoms with Crippen molar-refractivity contribution in [1.29, 1.82) is 0 Å². The van der Waals surface area contributed by atoms with Gasteiger partial charge >= 0.3 is 0 Å². The molecule has 0 N–H and O–H groups in total. The number of carbonyl (C=O) groups is 2. The second-order valence-electron chi connectivity index (χ2n) is 7.46. The largest absolute Gasteiger partial charge is 0.311 e. The summed E-state index contributed by atoms with van der Waals surface area (Å²) in [6.07, 6.45) is 0. The van der Waals surface area contributed by atoms with Gasteiger partial charge in [0.05, 0.1) is 12.2 Å². The standard InChI is InChI=1S/C24H18Cl2N2O2S/c25-18-8-5-7-16(14-18)22(29)28-12-13-31-24(28)19-9-2-4-11-21(19)27(23(24)30)15-17-6-1-3-10-20(17)26/h1-11,14H,12-13,15H2/t24-/m0/s1. The number of para-hydroxylation sites is 1. The maximum absolute atomic E-state index is 14.0. The van der Waals surface area contributed by atoms with Gasteiger partial charge in [0.15, 0.2) is 4.87 Å². The minimum absolute atomic E-state index is 0.119. The molecule has 1 atom stereocenters. The van der Waals surface area contributed by atoms with E-state index in [-0.39, 0.29) is 11.8 Å². The van der Waals surface area contributed by atoms with Crippen molar-refractivity contribution in [3.05, 3.63) is 99.5 Å². The summed E-state index contributed by atoms with van der Waals surface area (Å²) in [6.45, 7) is 0.826. The molecule has 1 fully saturated rings. The smallest absolute Gasteiger partial charge is 0.268 e. The van der Waals surface area contributed by atoms with Gasteiger partial charge in [-0.1, -0.05) is 65.7 Å². The third-order valence-corrected chi connectivity index (χ3v) is 7.73. The minimum atomic E-state index is -1.09. The van der Waals surface area contributed by atoms with E-state index in [1.165, 1.54) is 11.8 Å². The Bertz CT molecular complexity index is 1200. The lowest BCUT2D eigenvalue weighted by molar-refractivity contribution is -0.123. The fraction of sp³-hybridized carbons (Fsp3) is 0.167. The molecular weight excluding hydrogens is 451 g/mol. The summed E-state index contributed by atoms with van der Waals surface area (Å²) in [7, 11) is 0. The summed E-state index contributed by atoms with van der Waals surface area (Å²) in [5.41, 5.74) is 2.99. The van der Waals surface area contributed by atoms with Crippen LogP contribution in [0.1, 0.15) is 21.5 Å². The molecule has 3 aromatic carbocycles. The van der Waals surface area contributed by atoms with Gasteiger partial charge in [-0.25, -0.2) is 0 Å². The highest BCUT2D eigenvalue weighted by molar-refractivity contribution is 8.01. The van der Waals surface area contributed by atoms with Gasteiger partial charge in [0, 0.05) is 33.5 Å². The average molecular weight is 469 g/mol. The highest BCUT2D eigenvalue weighted by Gasteiger charge is 2.59. The van der Waals surface area contributed by atoms with Crippen molar-refractivity contribution in [2.24, 2.45) is 0 Å². The van der Waals surface area contributed by atoms with Crippen LogP contribution in [0.25, 0.3) is 0 Å². The first-order valence-electron chi connectivity index (χ1n) is 9.89. The molecule has 2 aliphatic heterocycles. The van der Waals surface area contributed by atoms with Gasteiger partial charge < -0.3 is 9.80 Å². The van der Waals surface area contributed by atoms with Crippen molar-refractivity contribution < 1.29 is 9.59 Å². The van der Waals surface area contributed by atoms with Crippen molar-refractivity contribution >= 4 is 52.5 Å². The highest BCUT2D eigenvalue weighted by Crippen LogP contribution is 2.54. The maximum Gasteiger partial charge on any atom is 0.268 e. The molecule has 0 aliphatic carbocycles. The molecule has 2 heterocycles. The molecular formula is C24H18Cl2N2O2S. The molecule has 7 heteroatoms. The predicted octanol–water partition coefficient (Wildman–Crippen LogP) is 5.58. The summed E-state index contributed by atoms with van der Waals surface area (Å²) >= 11 is 14.0. The van der Waals surface area contributed by atoms with Crippen molar-refractivity contribution in [3.63, 3.8) is 0 Å². The first kappa shape index (κ1) is 20.4. The molecule has 31 heavy (non-hydrogen) atoms. The van der Waals surface area contributed by atoms with Gasteiger partial charge in [0.25, 0.3) is 11.8 Å². The van der Waals surface area contributed by atoms with Gasteiger partial charge in [-0.15, -0.1) is 11.8 Å². The van der Waals surface area contributed by atoms with Crippen LogP contribution in [0.5, 0.6) is 0 Å². The number of anilines is 1. The summed E-state index contributed by atoms with van der Waals surface area (Å²) in [5, 5.41) is 1.10. The zero-order chi connectivity index (χ0) is 21.6. The van der Waals surface area contributed by atoms with Gasteiger partial charge in [-0.3, -0.25) is 9.59 Å². The summed E-state index contributed by atoms with van der Waals surface area (Å²) < 4.78 is 0. The molecule has 5 rings (SSSR count). The van der Waals surface area contributed by atoms with Gasteiger partial charge in [0.2, 0.25) is 0 Å². The molecule has 0 radical (unpaired) electrons. The van der Waals surface area contributed by atoms with Crippen LogP contribution in [0.4, 0.5) is 5.69 Å². The number of amides is 2. The van der Waals surface area contributed by atoms with Crippen molar-refractivity contribution in [3.8, 4) is 0 Å². The maximum atomic E-state index is 14.0. The van der Waals surface area contributed by atoms with E-state index in [1.807, 2.05) is 48.5 Å². The molecule has 3 aromatic rings. The van der Waals surface area contributed by atoms with E-state index in [4.69, 9.17) is 23.2 Å². The van der Waals surface area contributed by atoms with Crippen LogP contribution in [-0.2, 0) is 16.2 Å². The van der Waals surface area contributed by atoms with Crippen LogP contribution in [0, 0.1) is 0 Å². The van der Waals surface area contributed by atoms with E-state index in [2.05, 4.69) is 0 Å². The third kappa shape index (κ3) is 3.23. The number of benzene rings is 3. The number of hydrogen-bond acceptors (Lipinski definition) is 3. The molecule has 156 valence electrons. The normalized spacial score (nSPS) is 19.9. The SMILES string of the molecule is O=C(c1cccc(Cl)c1)N1CCS[C@@]12C(=O)N(Cc1ccccc1Cl)c1ccccc12. The van der Waals surface area contributed by atoms with Crippen LogP contribution in [0.15, 0.2) is 72.8 Å². The van der Waals surface area contributed by atoms with Crippen LogP contribution >= 0.6 is 35.0 Å². The van der Waals surface area contributed by atoms with E-state index in [0.29, 0.717) is 34.5 Å². The molecule has 0 unspecified atom stereocenters. The Morgan fingerprint density at radius 3 is 2.58 bits per heavy atom.